The number of rotatable bonds is 6. The van der Waals surface area contributed by atoms with E-state index in [4.69, 9.17) is 9.97 Å². The highest BCUT2D eigenvalue weighted by Gasteiger charge is 2.49. The lowest BCUT2D eigenvalue weighted by Crippen LogP contribution is -2.29. The maximum atomic E-state index is 5.52. The number of aromatic nitrogens is 2. The van der Waals surface area contributed by atoms with E-state index in [0.29, 0.717) is 5.82 Å². The number of nitrogens with zero attached hydrogens (tertiary/aromatic N) is 2. The molecule has 2 nitrogen and oxygen atoms in total. The average Bonchev–Trinajstić information content (AvgIpc) is 3.65. The monoisotopic (exact) mass is 850 g/mol. The Morgan fingerprint density at radius 2 is 0.552 bits per heavy atom. The van der Waals surface area contributed by atoms with Crippen molar-refractivity contribution < 1.29 is 0 Å². The molecule has 0 bridgehead atoms. The molecule has 0 radical (unpaired) electrons. The van der Waals surface area contributed by atoms with Crippen LogP contribution in [0, 0.1) is 0 Å². The molecule has 1 aromatic heterocycles. The highest BCUT2D eigenvalue weighted by atomic mass is 14.9. The molecule has 0 fully saturated rings. The Bertz CT molecular complexity index is 3540. The molecule has 10 aromatic carbocycles. The first-order chi connectivity index (χ1) is 33.2. The highest BCUT2D eigenvalue weighted by molar-refractivity contribution is 5.98. The molecule has 0 aliphatic heterocycles. The topological polar surface area (TPSA) is 25.8 Å². The van der Waals surface area contributed by atoms with Crippen molar-refractivity contribution in [1.82, 2.24) is 9.97 Å². The van der Waals surface area contributed by atoms with Gasteiger partial charge in [-0.2, -0.15) is 0 Å². The lowest BCUT2D eigenvalue weighted by atomic mass is 9.66. The van der Waals surface area contributed by atoms with E-state index in [0.717, 1.165) is 55.9 Å². The van der Waals surface area contributed by atoms with Gasteiger partial charge in [-0.1, -0.05) is 224 Å². The maximum Gasteiger partial charge on any atom is 0.160 e. The molecule has 2 heteroatoms. The van der Waals surface area contributed by atoms with Crippen molar-refractivity contribution in [3.05, 3.63) is 277 Å². The fourth-order valence-corrected chi connectivity index (χ4v) is 10.9. The normalized spacial score (nSPS) is 12.6. The van der Waals surface area contributed by atoms with E-state index in [1.54, 1.807) is 0 Å². The van der Waals surface area contributed by atoms with Gasteiger partial charge in [0.1, 0.15) is 0 Å². The van der Waals surface area contributed by atoms with Crippen molar-refractivity contribution in [3.8, 4) is 101 Å². The van der Waals surface area contributed by atoms with Gasteiger partial charge in [0.15, 0.2) is 5.82 Å². The van der Waals surface area contributed by atoms with Crippen LogP contribution < -0.4 is 0 Å². The molecule has 0 unspecified atom stereocenters. The van der Waals surface area contributed by atoms with Crippen LogP contribution in [0.4, 0.5) is 0 Å². The van der Waals surface area contributed by atoms with Gasteiger partial charge in [-0.15, -0.1) is 0 Å². The van der Waals surface area contributed by atoms with Crippen LogP contribution >= 0.6 is 0 Å². The van der Waals surface area contributed by atoms with Gasteiger partial charge >= 0.3 is 0 Å². The van der Waals surface area contributed by atoms with Gasteiger partial charge < -0.3 is 0 Å². The summed E-state index contributed by atoms with van der Waals surface area (Å²) in [5, 5.41) is 0. The summed E-state index contributed by atoms with van der Waals surface area (Å²) >= 11 is 0. The first-order valence-corrected chi connectivity index (χ1v) is 23.1. The molecular weight excluding hydrogens is 809 g/mol. The minimum Gasteiger partial charge on any atom is -0.228 e. The van der Waals surface area contributed by atoms with Crippen molar-refractivity contribution in [1.29, 1.82) is 0 Å². The van der Waals surface area contributed by atoms with Gasteiger partial charge in [-0.25, -0.2) is 9.97 Å². The first kappa shape index (κ1) is 38.7. The summed E-state index contributed by atoms with van der Waals surface area (Å²) < 4.78 is 0. The molecule has 0 N–H and O–H groups in total. The molecular formula is C65H42N2. The SMILES string of the molecule is c1ccc(-c2ccc(-c3cc(-c4cc(-c5ccccc5)cc(-c5ccccc5)c4)nc(-c4ccc5c(c4)-c4ccccc4C54c5ccccc5-c5ccccc5-c5ccccc54)n3)cc2)cc1. The van der Waals surface area contributed by atoms with Gasteiger partial charge in [0, 0.05) is 16.7 Å². The van der Waals surface area contributed by atoms with E-state index >= 15 is 0 Å². The molecule has 0 amide bonds. The molecule has 67 heavy (non-hydrogen) atoms. The maximum absolute atomic E-state index is 5.52. The van der Waals surface area contributed by atoms with E-state index < -0.39 is 5.41 Å². The van der Waals surface area contributed by atoms with Crippen LogP contribution in [0.2, 0.25) is 0 Å². The smallest absolute Gasteiger partial charge is 0.160 e. The summed E-state index contributed by atoms with van der Waals surface area (Å²) in [5.74, 6) is 0.682. The zero-order valence-corrected chi connectivity index (χ0v) is 36.6. The zero-order valence-electron chi connectivity index (χ0n) is 36.6. The van der Waals surface area contributed by atoms with E-state index in [1.165, 1.54) is 61.2 Å². The Labute approximate surface area is 391 Å². The fourth-order valence-electron chi connectivity index (χ4n) is 10.9. The second-order valence-corrected chi connectivity index (χ2v) is 17.6. The summed E-state index contributed by atoms with van der Waals surface area (Å²) in [4.78, 5) is 11.0. The molecule has 2 aliphatic carbocycles. The van der Waals surface area contributed by atoms with Crippen molar-refractivity contribution in [2.45, 2.75) is 5.41 Å². The largest absolute Gasteiger partial charge is 0.228 e. The van der Waals surface area contributed by atoms with Gasteiger partial charge in [0.2, 0.25) is 0 Å². The third-order valence-corrected chi connectivity index (χ3v) is 13.9. The summed E-state index contributed by atoms with van der Waals surface area (Å²) in [6.07, 6.45) is 0. The lowest BCUT2D eigenvalue weighted by molar-refractivity contribution is 0.775. The van der Waals surface area contributed by atoms with Crippen LogP contribution in [0.15, 0.2) is 255 Å². The predicted octanol–water partition coefficient (Wildman–Crippen LogP) is 16.5. The summed E-state index contributed by atoms with van der Waals surface area (Å²) in [5.41, 5.74) is 23.7. The first-order valence-electron chi connectivity index (χ1n) is 23.1. The third-order valence-electron chi connectivity index (χ3n) is 13.9. The fraction of sp³-hybridized carbons (Fsp3) is 0.0154. The Hall–Kier alpha value is -8.72. The second-order valence-electron chi connectivity index (χ2n) is 17.6. The number of hydrogen-bond donors (Lipinski definition) is 0. The molecule has 1 heterocycles. The molecule has 11 aromatic rings. The molecule has 0 saturated carbocycles. The number of benzene rings is 10. The van der Waals surface area contributed by atoms with Gasteiger partial charge in [0.05, 0.1) is 16.8 Å². The Balaban J connectivity index is 1.04. The minimum atomic E-state index is -0.559. The Morgan fingerprint density at radius 3 is 1.06 bits per heavy atom. The van der Waals surface area contributed by atoms with Gasteiger partial charge in [0.25, 0.3) is 0 Å². The van der Waals surface area contributed by atoms with E-state index in [9.17, 15) is 0 Å². The van der Waals surface area contributed by atoms with Crippen molar-refractivity contribution >= 4 is 0 Å². The molecule has 0 atom stereocenters. The summed E-state index contributed by atoms with van der Waals surface area (Å²) in [6.45, 7) is 0. The minimum absolute atomic E-state index is 0.559. The van der Waals surface area contributed by atoms with E-state index in [2.05, 4.69) is 255 Å². The van der Waals surface area contributed by atoms with Crippen LogP contribution in [0.3, 0.4) is 0 Å². The molecule has 13 rings (SSSR count). The van der Waals surface area contributed by atoms with E-state index in [1.807, 2.05) is 0 Å². The third kappa shape index (κ3) is 6.33. The van der Waals surface area contributed by atoms with Crippen LogP contribution in [-0.2, 0) is 5.41 Å². The lowest BCUT2D eigenvalue weighted by Gasteiger charge is -2.35. The van der Waals surface area contributed by atoms with Crippen LogP contribution in [0.1, 0.15) is 22.3 Å². The highest BCUT2D eigenvalue weighted by Crippen LogP contribution is 2.61. The molecule has 2 aliphatic rings. The van der Waals surface area contributed by atoms with Gasteiger partial charge in [-0.05, 0) is 119 Å². The number of hydrogen-bond acceptors (Lipinski definition) is 2. The van der Waals surface area contributed by atoms with Crippen molar-refractivity contribution in [2.24, 2.45) is 0 Å². The quantitative estimate of drug-likeness (QED) is 0.167. The van der Waals surface area contributed by atoms with Gasteiger partial charge in [-0.3, -0.25) is 0 Å². The van der Waals surface area contributed by atoms with Crippen LogP contribution in [-0.4, -0.2) is 9.97 Å². The molecule has 312 valence electrons. The van der Waals surface area contributed by atoms with Crippen molar-refractivity contribution in [2.75, 3.05) is 0 Å². The summed E-state index contributed by atoms with van der Waals surface area (Å²) in [7, 11) is 0. The zero-order chi connectivity index (χ0) is 44.3. The second kappa shape index (κ2) is 15.8. The molecule has 0 saturated heterocycles. The Kier molecular flexibility index (Phi) is 9.11. The van der Waals surface area contributed by atoms with Crippen LogP contribution in [0.25, 0.3) is 101 Å². The summed E-state index contributed by atoms with van der Waals surface area (Å²) in [6, 6.07) is 92.5. The Morgan fingerprint density at radius 1 is 0.209 bits per heavy atom. The average molecular weight is 851 g/mol. The van der Waals surface area contributed by atoms with E-state index in [-0.39, 0.29) is 0 Å². The predicted molar refractivity (Wildman–Crippen MR) is 276 cm³/mol. The van der Waals surface area contributed by atoms with Crippen LogP contribution in [0.5, 0.6) is 0 Å². The standard InChI is InChI=1S/C65H42N2/c1-4-18-43(19-5-1)46-32-34-47(35-33-46)62-42-63(51-39-49(44-20-6-2-7-21-44)38-50(40-51)45-22-8-3-9-23-45)67-64(66-62)48-36-37-61-57(41-48)56-28-14-17-31-60(56)65(61)58-29-15-12-26-54(58)52-24-10-11-25-53(52)55-27-13-16-30-59(55)65/h1-42H. The molecule has 1 spiro atoms. The van der Waals surface area contributed by atoms with Crippen molar-refractivity contribution in [3.63, 3.8) is 0 Å². The number of fused-ring (bicyclic) bond motifs is 12.